The van der Waals surface area contributed by atoms with E-state index in [2.05, 4.69) is 63.7 Å². The monoisotopic (exact) mass is 581 g/mol. The fourth-order valence-corrected chi connectivity index (χ4v) is 6.19. The zero-order valence-electron chi connectivity index (χ0n) is 24.1. The molecule has 1 N–H and O–H groups in total. The van der Waals surface area contributed by atoms with Crippen LogP contribution in [-0.4, -0.2) is 36.1 Å². The van der Waals surface area contributed by atoms with Crippen molar-refractivity contribution in [2.24, 2.45) is 0 Å². The minimum atomic E-state index is -4.50. The van der Waals surface area contributed by atoms with Gasteiger partial charge >= 0.3 is 6.18 Å². The summed E-state index contributed by atoms with van der Waals surface area (Å²) in [5, 5.41) is 4.02. The third-order valence-corrected chi connectivity index (χ3v) is 8.40. The number of aromatic nitrogens is 1. The SMILES string of the molecule is Cc1cc(Nc2cc(OCCN3CCC(c4ccccc4)(c4ccccc4)CC3)cc(C(F)(F)F)c2)c2ccccc2n1. The highest BCUT2D eigenvalue weighted by atomic mass is 19.4. The Kier molecular flexibility index (Phi) is 8.08. The average Bonchev–Trinajstić information content (AvgIpc) is 3.02. The zero-order valence-corrected chi connectivity index (χ0v) is 24.1. The van der Waals surface area contributed by atoms with Crippen LogP contribution in [0.15, 0.2) is 109 Å². The van der Waals surface area contributed by atoms with Crippen LogP contribution >= 0.6 is 0 Å². The number of ether oxygens (including phenoxy) is 1. The summed E-state index contributed by atoms with van der Waals surface area (Å²) in [6.07, 6.45) is -2.59. The van der Waals surface area contributed by atoms with E-state index in [1.54, 1.807) is 6.07 Å². The van der Waals surface area contributed by atoms with Crippen LogP contribution in [0, 0.1) is 6.92 Å². The lowest BCUT2D eigenvalue weighted by Gasteiger charge is -2.43. The molecule has 43 heavy (non-hydrogen) atoms. The average molecular weight is 582 g/mol. The van der Waals surface area contributed by atoms with Crippen LogP contribution < -0.4 is 10.1 Å². The number of hydrogen-bond donors (Lipinski definition) is 1. The predicted molar refractivity (Wildman–Crippen MR) is 166 cm³/mol. The van der Waals surface area contributed by atoms with E-state index in [-0.39, 0.29) is 11.2 Å². The molecule has 0 atom stereocenters. The fraction of sp³-hybridized carbons (Fsp3) is 0.250. The Morgan fingerprint density at radius 2 is 1.44 bits per heavy atom. The lowest BCUT2D eigenvalue weighted by molar-refractivity contribution is -0.137. The van der Waals surface area contributed by atoms with Crippen molar-refractivity contribution in [2.75, 3.05) is 31.6 Å². The number of rotatable bonds is 8. The van der Waals surface area contributed by atoms with Crippen molar-refractivity contribution in [3.05, 3.63) is 132 Å². The molecule has 0 bridgehead atoms. The lowest BCUT2D eigenvalue weighted by atomic mass is 9.68. The van der Waals surface area contributed by atoms with Gasteiger partial charge in [-0.25, -0.2) is 0 Å². The summed E-state index contributed by atoms with van der Waals surface area (Å²) in [6.45, 7) is 4.53. The topological polar surface area (TPSA) is 37.4 Å². The second-order valence-corrected chi connectivity index (χ2v) is 11.2. The standard InChI is InChI=1S/C36H34F3N3O/c1-26-22-34(32-14-8-9-15-33(32)40-26)41-30-23-29(36(37,38)39)24-31(25-30)43-21-20-42-18-16-35(17-19-42,27-10-4-2-5-11-27)28-12-6-3-7-13-28/h2-15,22-25H,16-21H2,1H3,(H,40,41). The Bertz CT molecular complexity index is 1640. The molecule has 1 aromatic heterocycles. The first-order chi connectivity index (χ1) is 20.8. The molecule has 7 heteroatoms. The number of nitrogens with one attached hydrogen (secondary N) is 1. The van der Waals surface area contributed by atoms with E-state index in [1.165, 1.54) is 11.1 Å². The molecule has 4 nitrogen and oxygen atoms in total. The maximum atomic E-state index is 13.9. The van der Waals surface area contributed by atoms with Gasteiger partial charge in [-0.3, -0.25) is 9.88 Å². The molecule has 6 rings (SSSR count). The summed E-state index contributed by atoms with van der Waals surface area (Å²) in [5.74, 6) is 0.187. The molecule has 220 valence electrons. The predicted octanol–water partition coefficient (Wildman–Crippen LogP) is 8.77. The molecule has 0 radical (unpaired) electrons. The lowest BCUT2D eigenvalue weighted by Crippen LogP contribution is -2.44. The van der Waals surface area contributed by atoms with Gasteiger partial charge in [0.05, 0.1) is 11.1 Å². The molecule has 0 spiro atoms. The van der Waals surface area contributed by atoms with E-state index >= 15 is 0 Å². The van der Waals surface area contributed by atoms with E-state index < -0.39 is 11.7 Å². The first kappa shape index (κ1) is 28.7. The van der Waals surface area contributed by atoms with E-state index in [4.69, 9.17) is 4.74 Å². The molecule has 0 aliphatic carbocycles. The first-order valence-corrected chi connectivity index (χ1v) is 14.6. The van der Waals surface area contributed by atoms with Crippen molar-refractivity contribution in [1.82, 2.24) is 9.88 Å². The van der Waals surface area contributed by atoms with Crippen LogP contribution in [0.4, 0.5) is 24.5 Å². The molecule has 0 unspecified atom stereocenters. The quantitative estimate of drug-likeness (QED) is 0.199. The van der Waals surface area contributed by atoms with Crippen LogP contribution in [-0.2, 0) is 11.6 Å². The maximum absolute atomic E-state index is 13.9. The molecule has 1 fully saturated rings. The van der Waals surface area contributed by atoms with Crippen LogP contribution in [0.3, 0.4) is 0 Å². The molecule has 1 aliphatic rings. The van der Waals surface area contributed by atoms with Crippen molar-refractivity contribution in [3.63, 3.8) is 0 Å². The Balaban J connectivity index is 1.15. The normalized spacial score (nSPS) is 15.3. The number of hydrogen-bond acceptors (Lipinski definition) is 4. The molecule has 2 heterocycles. The van der Waals surface area contributed by atoms with Gasteiger partial charge in [0.15, 0.2) is 0 Å². The summed E-state index contributed by atoms with van der Waals surface area (Å²) in [6, 6.07) is 34.5. The summed E-state index contributed by atoms with van der Waals surface area (Å²) in [5.41, 5.74) is 4.38. The molecular weight excluding hydrogens is 547 g/mol. The Morgan fingerprint density at radius 1 is 0.814 bits per heavy atom. The van der Waals surface area contributed by atoms with E-state index in [9.17, 15) is 13.2 Å². The van der Waals surface area contributed by atoms with Gasteiger partial charge in [-0.2, -0.15) is 13.2 Å². The number of anilines is 2. The van der Waals surface area contributed by atoms with Gasteiger partial charge in [0.1, 0.15) is 12.4 Å². The number of fused-ring (bicyclic) bond motifs is 1. The number of para-hydroxylation sites is 1. The van der Waals surface area contributed by atoms with E-state index in [0.29, 0.717) is 24.5 Å². The number of nitrogens with zero attached hydrogens (tertiary/aromatic N) is 2. The van der Waals surface area contributed by atoms with E-state index in [1.807, 2.05) is 49.4 Å². The van der Waals surface area contributed by atoms with Crippen LogP contribution in [0.2, 0.25) is 0 Å². The van der Waals surface area contributed by atoms with Crippen molar-refractivity contribution in [1.29, 1.82) is 0 Å². The highest BCUT2D eigenvalue weighted by Gasteiger charge is 2.37. The Morgan fingerprint density at radius 3 is 2.09 bits per heavy atom. The van der Waals surface area contributed by atoms with Gasteiger partial charge in [-0.1, -0.05) is 78.9 Å². The minimum Gasteiger partial charge on any atom is -0.492 e. The Hall–Kier alpha value is -4.36. The number of likely N-dealkylation sites (tertiary alicyclic amines) is 1. The molecular formula is C36H34F3N3O. The molecule has 5 aromatic rings. The number of halogens is 3. The Labute approximate surface area is 250 Å². The summed E-state index contributed by atoms with van der Waals surface area (Å²) in [7, 11) is 0. The molecule has 4 aromatic carbocycles. The smallest absolute Gasteiger partial charge is 0.416 e. The number of piperidine rings is 1. The number of aryl methyl sites for hydroxylation is 1. The highest BCUT2D eigenvalue weighted by molar-refractivity contribution is 5.93. The van der Waals surface area contributed by atoms with Crippen LogP contribution in [0.5, 0.6) is 5.75 Å². The molecule has 0 amide bonds. The molecule has 1 aliphatic heterocycles. The second-order valence-electron chi connectivity index (χ2n) is 11.2. The van der Waals surface area contributed by atoms with Crippen molar-refractivity contribution in [2.45, 2.75) is 31.4 Å². The zero-order chi connectivity index (χ0) is 29.9. The molecule has 0 saturated carbocycles. The van der Waals surface area contributed by atoms with Crippen LogP contribution in [0.1, 0.15) is 35.2 Å². The second kappa shape index (κ2) is 12.1. The summed E-state index contributed by atoms with van der Waals surface area (Å²) < 4.78 is 47.6. The maximum Gasteiger partial charge on any atom is 0.416 e. The fourth-order valence-electron chi connectivity index (χ4n) is 6.19. The van der Waals surface area contributed by atoms with Gasteiger partial charge in [-0.15, -0.1) is 0 Å². The van der Waals surface area contributed by atoms with Gasteiger partial charge < -0.3 is 10.1 Å². The summed E-state index contributed by atoms with van der Waals surface area (Å²) >= 11 is 0. The minimum absolute atomic E-state index is 0.0586. The van der Waals surface area contributed by atoms with Crippen LogP contribution in [0.25, 0.3) is 10.9 Å². The van der Waals surface area contributed by atoms with E-state index in [0.717, 1.165) is 54.7 Å². The van der Waals surface area contributed by atoms with Crippen molar-refractivity contribution in [3.8, 4) is 5.75 Å². The van der Waals surface area contributed by atoms with Crippen molar-refractivity contribution < 1.29 is 17.9 Å². The first-order valence-electron chi connectivity index (χ1n) is 14.6. The van der Waals surface area contributed by atoms with Gasteiger partial charge in [0.2, 0.25) is 0 Å². The van der Waals surface area contributed by atoms with Crippen molar-refractivity contribution >= 4 is 22.3 Å². The largest absolute Gasteiger partial charge is 0.492 e. The third kappa shape index (κ3) is 6.37. The highest BCUT2D eigenvalue weighted by Crippen LogP contribution is 2.42. The van der Waals surface area contributed by atoms with Gasteiger partial charge in [-0.05, 0) is 68.2 Å². The third-order valence-electron chi connectivity index (χ3n) is 8.40. The number of pyridine rings is 1. The number of benzene rings is 4. The van der Waals surface area contributed by atoms with Gasteiger partial charge in [0.25, 0.3) is 0 Å². The molecule has 1 saturated heterocycles. The number of alkyl halides is 3. The van der Waals surface area contributed by atoms with Gasteiger partial charge in [0, 0.05) is 40.5 Å². The summed E-state index contributed by atoms with van der Waals surface area (Å²) in [4.78, 5) is 6.87.